The Kier molecular flexibility index (Phi) is 4.76. The summed E-state index contributed by atoms with van der Waals surface area (Å²) in [5, 5.41) is 6.16. The second kappa shape index (κ2) is 7.19. The molecule has 7 heteroatoms. The van der Waals surface area contributed by atoms with Crippen LogP contribution in [0.4, 0.5) is 10.8 Å². The van der Waals surface area contributed by atoms with Crippen molar-refractivity contribution in [1.29, 1.82) is 0 Å². The molecule has 1 N–H and O–H groups in total. The third kappa shape index (κ3) is 3.80. The zero-order valence-electron chi connectivity index (χ0n) is 14.1. The molecular formula is C19H19N3O2S2. The predicted octanol–water partition coefficient (Wildman–Crippen LogP) is 3.68. The molecule has 1 aromatic heterocycles. The first-order valence-corrected chi connectivity index (χ1v) is 10.9. The van der Waals surface area contributed by atoms with Gasteiger partial charge >= 0.3 is 0 Å². The van der Waals surface area contributed by atoms with Crippen molar-refractivity contribution in [2.75, 3.05) is 17.6 Å². The van der Waals surface area contributed by atoms with Gasteiger partial charge in [0.1, 0.15) is 0 Å². The highest BCUT2D eigenvalue weighted by atomic mass is 32.2. The van der Waals surface area contributed by atoms with Crippen molar-refractivity contribution in [3.05, 3.63) is 71.2 Å². The molecule has 0 amide bonds. The fourth-order valence-electron chi connectivity index (χ4n) is 3.06. The lowest BCUT2D eigenvalue weighted by molar-refractivity contribution is 0.271. The van der Waals surface area contributed by atoms with Gasteiger partial charge in [-0.05, 0) is 23.8 Å². The number of hydrogen-bond acceptors (Lipinski definition) is 6. The monoisotopic (exact) mass is 385 g/mol. The van der Waals surface area contributed by atoms with E-state index in [1.54, 1.807) is 23.5 Å². The third-order valence-electron chi connectivity index (χ3n) is 4.34. The predicted molar refractivity (Wildman–Crippen MR) is 104 cm³/mol. The topological polar surface area (TPSA) is 62.3 Å². The summed E-state index contributed by atoms with van der Waals surface area (Å²) in [6, 6.07) is 17.2. The average molecular weight is 386 g/mol. The van der Waals surface area contributed by atoms with Crippen LogP contribution >= 0.6 is 11.3 Å². The number of rotatable bonds is 4. The number of benzene rings is 2. The summed E-state index contributed by atoms with van der Waals surface area (Å²) >= 11 is 1.56. The Morgan fingerprint density at radius 1 is 1.08 bits per heavy atom. The summed E-state index contributed by atoms with van der Waals surface area (Å²) in [6.45, 7) is 1.77. The summed E-state index contributed by atoms with van der Waals surface area (Å²) in [5.74, 6) is 0.142. The minimum absolute atomic E-state index is 0.142. The number of aromatic nitrogens is 1. The molecule has 0 fully saturated rings. The Bertz CT molecular complexity index is 1000. The van der Waals surface area contributed by atoms with E-state index in [2.05, 4.69) is 15.2 Å². The van der Waals surface area contributed by atoms with Crippen LogP contribution in [-0.4, -0.2) is 30.6 Å². The van der Waals surface area contributed by atoms with Gasteiger partial charge in [-0.2, -0.15) is 0 Å². The maximum absolute atomic E-state index is 12.4. The van der Waals surface area contributed by atoms with Gasteiger partial charge in [-0.15, -0.1) is 11.3 Å². The largest absolute Gasteiger partial charge is 0.332 e. The zero-order valence-corrected chi connectivity index (χ0v) is 15.8. The Morgan fingerprint density at radius 2 is 1.85 bits per heavy atom. The second-order valence-electron chi connectivity index (χ2n) is 6.27. The first kappa shape index (κ1) is 17.2. The van der Waals surface area contributed by atoms with Crippen molar-refractivity contribution in [1.82, 2.24) is 9.88 Å². The van der Waals surface area contributed by atoms with Crippen LogP contribution in [0, 0.1) is 0 Å². The van der Waals surface area contributed by atoms with E-state index >= 15 is 0 Å². The van der Waals surface area contributed by atoms with Crippen molar-refractivity contribution in [2.45, 2.75) is 18.0 Å². The molecule has 26 heavy (non-hydrogen) atoms. The highest BCUT2D eigenvalue weighted by Gasteiger charge is 2.25. The molecule has 0 radical (unpaired) electrons. The second-order valence-corrected chi connectivity index (χ2v) is 9.21. The van der Waals surface area contributed by atoms with Gasteiger partial charge in [0.15, 0.2) is 15.0 Å². The van der Waals surface area contributed by atoms with Gasteiger partial charge in [-0.1, -0.05) is 36.4 Å². The Hall–Kier alpha value is -2.22. The van der Waals surface area contributed by atoms with Gasteiger partial charge < -0.3 is 5.32 Å². The first-order valence-electron chi connectivity index (χ1n) is 8.40. The molecule has 5 nitrogen and oxygen atoms in total. The first-order chi connectivity index (χ1) is 12.6. The molecule has 0 aliphatic carbocycles. The highest BCUT2D eigenvalue weighted by molar-refractivity contribution is 7.91. The van der Waals surface area contributed by atoms with Gasteiger partial charge in [0, 0.05) is 30.7 Å². The van der Waals surface area contributed by atoms with Crippen molar-refractivity contribution < 1.29 is 8.42 Å². The van der Waals surface area contributed by atoms with Gasteiger partial charge in [-0.25, -0.2) is 13.4 Å². The number of thiazole rings is 1. The summed E-state index contributed by atoms with van der Waals surface area (Å²) < 4.78 is 24.9. The van der Waals surface area contributed by atoms with Gasteiger partial charge in [0.05, 0.1) is 16.3 Å². The van der Waals surface area contributed by atoms with Crippen molar-refractivity contribution in [3.63, 3.8) is 0 Å². The van der Waals surface area contributed by atoms with Crippen LogP contribution in [0.25, 0.3) is 0 Å². The van der Waals surface area contributed by atoms with Crippen LogP contribution in [0.2, 0.25) is 0 Å². The summed E-state index contributed by atoms with van der Waals surface area (Å²) in [6.07, 6.45) is 0. The molecule has 1 aliphatic rings. The minimum atomic E-state index is -3.21. The molecule has 3 aromatic rings. The maximum atomic E-state index is 12.4. The molecule has 1 aliphatic heterocycles. The molecule has 2 heterocycles. The van der Waals surface area contributed by atoms with E-state index in [1.165, 1.54) is 0 Å². The van der Waals surface area contributed by atoms with Gasteiger partial charge in [0.25, 0.3) is 0 Å². The Labute approximate surface area is 157 Å². The quantitative estimate of drug-likeness (QED) is 0.742. The van der Waals surface area contributed by atoms with E-state index in [0.717, 1.165) is 22.1 Å². The molecule has 0 spiro atoms. The van der Waals surface area contributed by atoms with Crippen molar-refractivity contribution in [3.8, 4) is 0 Å². The van der Waals surface area contributed by atoms with Gasteiger partial charge in [-0.3, -0.25) is 4.90 Å². The smallest absolute Gasteiger partial charge is 0.187 e. The standard InChI is InChI=1S/C19H19N3O2S2/c23-26(24)11-10-22(12-15-6-4-5-9-18(15)26)13-17-14-25-19(21-17)20-16-7-2-1-3-8-16/h1-9,14H,10-13H2,(H,20,21). The van der Waals surface area contributed by atoms with E-state index < -0.39 is 9.84 Å². The number of anilines is 2. The molecule has 0 saturated heterocycles. The number of fused-ring (bicyclic) bond motifs is 1. The van der Waals surface area contributed by atoms with E-state index in [9.17, 15) is 8.42 Å². The van der Waals surface area contributed by atoms with Crippen LogP contribution in [-0.2, 0) is 22.9 Å². The number of nitrogens with zero attached hydrogens (tertiary/aromatic N) is 2. The highest BCUT2D eigenvalue weighted by Crippen LogP contribution is 2.25. The summed E-state index contributed by atoms with van der Waals surface area (Å²) in [7, 11) is -3.21. The van der Waals surface area contributed by atoms with Gasteiger partial charge in [0.2, 0.25) is 0 Å². The molecule has 4 rings (SSSR count). The molecule has 0 atom stereocenters. The minimum Gasteiger partial charge on any atom is -0.332 e. The van der Waals surface area contributed by atoms with Crippen LogP contribution < -0.4 is 5.32 Å². The fraction of sp³-hybridized carbons (Fsp3) is 0.211. The lowest BCUT2D eigenvalue weighted by atomic mass is 10.2. The van der Waals surface area contributed by atoms with E-state index in [1.807, 2.05) is 47.8 Å². The Balaban J connectivity index is 1.48. The van der Waals surface area contributed by atoms with Crippen molar-refractivity contribution >= 4 is 32.0 Å². The number of hydrogen-bond donors (Lipinski definition) is 1. The average Bonchev–Trinajstić information content (AvgIpc) is 3.02. The van der Waals surface area contributed by atoms with Crippen LogP contribution in [0.1, 0.15) is 11.3 Å². The van der Waals surface area contributed by atoms with Crippen molar-refractivity contribution in [2.24, 2.45) is 0 Å². The van der Waals surface area contributed by atoms with E-state index in [-0.39, 0.29) is 5.75 Å². The SMILES string of the molecule is O=S1(=O)CCN(Cc2csc(Nc3ccccc3)n2)Cc2ccccc21. The lowest BCUT2D eigenvalue weighted by Crippen LogP contribution is -2.25. The molecular weight excluding hydrogens is 366 g/mol. The fourth-order valence-corrected chi connectivity index (χ4v) is 5.32. The number of sulfone groups is 1. The third-order valence-corrected chi connectivity index (χ3v) is 6.94. The van der Waals surface area contributed by atoms with E-state index in [0.29, 0.717) is 24.5 Å². The Morgan fingerprint density at radius 3 is 2.69 bits per heavy atom. The number of nitrogens with one attached hydrogen (secondary N) is 1. The number of para-hydroxylation sites is 1. The molecule has 0 bridgehead atoms. The maximum Gasteiger partial charge on any atom is 0.187 e. The summed E-state index contributed by atoms with van der Waals surface area (Å²) in [4.78, 5) is 7.25. The normalized spacial score (nSPS) is 16.6. The lowest BCUT2D eigenvalue weighted by Gasteiger charge is -2.18. The van der Waals surface area contributed by atoms with Crippen LogP contribution in [0.15, 0.2) is 64.9 Å². The zero-order chi connectivity index (χ0) is 18.0. The van der Waals surface area contributed by atoms with Crippen LogP contribution in [0.3, 0.4) is 0 Å². The van der Waals surface area contributed by atoms with Crippen LogP contribution in [0.5, 0.6) is 0 Å². The summed E-state index contributed by atoms with van der Waals surface area (Å²) in [5.41, 5.74) is 2.82. The van der Waals surface area contributed by atoms with E-state index in [4.69, 9.17) is 0 Å². The molecule has 2 aromatic carbocycles. The molecule has 134 valence electrons. The molecule has 0 saturated carbocycles. The molecule has 0 unspecified atom stereocenters.